The Morgan fingerprint density at radius 3 is 2.64 bits per heavy atom. The average molecular weight is 443 g/mol. The van der Waals surface area contributed by atoms with E-state index in [0.29, 0.717) is 28.5 Å². The molecule has 0 unspecified atom stereocenters. The molecule has 4 aromatic rings. The van der Waals surface area contributed by atoms with Gasteiger partial charge in [-0.3, -0.25) is 4.57 Å². The zero-order chi connectivity index (χ0) is 22.9. The van der Waals surface area contributed by atoms with Crippen molar-refractivity contribution in [2.75, 3.05) is 19.0 Å². The van der Waals surface area contributed by atoms with Gasteiger partial charge < -0.3 is 14.8 Å². The Morgan fingerprint density at radius 1 is 1.09 bits per heavy atom. The van der Waals surface area contributed by atoms with Crippen LogP contribution in [0.2, 0.25) is 0 Å². The van der Waals surface area contributed by atoms with Crippen molar-refractivity contribution < 1.29 is 18.7 Å². The molecule has 0 spiro atoms. The van der Waals surface area contributed by atoms with Crippen molar-refractivity contribution in [2.24, 2.45) is 0 Å². The first-order chi connectivity index (χ1) is 16.1. The largest absolute Gasteiger partial charge is 0.497 e. The third-order valence-corrected chi connectivity index (χ3v) is 5.67. The fourth-order valence-electron chi connectivity index (χ4n) is 4.23. The number of benzene rings is 3. The van der Waals surface area contributed by atoms with Gasteiger partial charge in [0, 0.05) is 0 Å². The maximum Gasteiger partial charge on any atom is 0.338 e. The van der Waals surface area contributed by atoms with E-state index in [1.165, 1.54) is 12.1 Å². The van der Waals surface area contributed by atoms with Gasteiger partial charge in [-0.1, -0.05) is 24.3 Å². The standard InChI is InChI=1S/C26H22FN3O3/c1-3-33-25(31)22-23(16-11-13-18(27)14-12-16)29-26-28-20-9-4-5-10-21(20)30(26)24(22)17-7-6-8-19(15-17)32-2/h4-15,24H,3H2,1-2H3,(H,28,29)/t24-/m1/s1. The average Bonchev–Trinajstić information content (AvgIpc) is 3.22. The molecule has 1 N–H and O–H groups in total. The fourth-order valence-corrected chi connectivity index (χ4v) is 4.23. The Morgan fingerprint density at radius 2 is 1.88 bits per heavy atom. The van der Waals surface area contributed by atoms with Crippen LogP contribution in [0.5, 0.6) is 5.75 Å². The highest BCUT2D eigenvalue weighted by molar-refractivity contribution is 6.03. The van der Waals surface area contributed by atoms with E-state index in [1.807, 2.05) is 53.1 Å². The zero-order valence-corrected chi connectivity index (χ0v) is 18.2. The van der Waals surface area contributed by atoms with E-state index >= 15 is 0 Å². The number of rotatable bonds is 5. The third kappa shape index (κ3) is 3.61. The van der Waals surface area contributed by atoms with E-state index in [0.717, 1.165) is 16.6 Å². The lowest BCUT2D eigenvalue weighted by atomic mass is 9.92. The van der Waals surface area contributed by atoms with Crippen LogP contribution < -0.4 is 10.1 Å². The summed E-state index contributed by atoms with van der Waals surface area (Å²) in [6.45, 7) is 1.99. The van der Waals surface area contributed by atoms with Gasteiger partial charge in [0.25, 0.3) is 0 Å². The van der Waals surface area contributed by atoms with E-state index < -0.39 is 12.0 Å². The molecule has 0 amide bonds. The van der Waals surface area contributed by atoms with Crippen LogP contribution in [-0.2, 0) is 9.53 Å². The van der Waals surface area contributed by atoms with Gasteiger partial charge in [-0.2, -0.15) is 0 Å². The van der Waals surface area contributed by atoms with Crippen LogP contribution in [0.4, 0.5) is 10.3 Å². The number of fused-ring (bicyclic) bond motifs is 3. The van der Waals surface area contributed by atoms with Crippen LogP contribution in [0.3, 0.4) is 0 Å². The fraction of sp³-hybridized carbons (Fsp3) is 0.154. The Kier molecular flexibility index (Phi) is 5.30. The number of anilines is 1. The predicted molar refractivity (Wildman–Crippen MR) is 124 cm³/mol. The molecule has 2 heterocycles. The lowest BCUT2D eigenvalue weighted by Gasteiger charge is -2.31. The molecule has 1 aliphatic rings. The normalized spacial score (nSPS) is 15.2. The number of carbonyl (C=O) groups excluding carboxylic acids is 1. The number of carbonyl (C=O) groups is 1. The molecule has 0 radical (unpaired) electrons. The van der Waals surface area contributed by atoms with Crippen LogP contribution in [0.1, 0.15) is 24.1 Å². The molecule has 33 heavy (non-hydrogen) atoms. The first-order valence-electron chi connectivity index (χ1n) is 10.7. The number of hydrogen-bond donors (Lipinski definition) is 1. The second-order valence-electron chi connectivity index (χ2n) is 7.61. The molecule has 1 aromatic heterocycles. The van der Waals surface area contributed by atoms with Crippen LogP contribution in [0.25, 0.3) is 16.7 Å². The molecular weight excluding hydrogens is 421 g/mol. The van der Waals surface area contributed by atoms with E-state index in [4.69, 9.17) is 14.5 Å². The molecule has 166 valence electrons. The molecule has 5 rings (SSSR count). The van der Waals surface area contributed by atoms with Crippen LogP contribution in [-0.4, -0.2) is 29.2 Å². The van der Waals surface area contributed by atoms with Crippen molar-refractivity contribution >= 4 is 28.6 Å². The van der Waals surface area contributed by atoms with Crippen LogP contribution >= 0.6 is 0 Å². The lowest BCUT2D eigenvalue weighted by Crippen LogP contribution is -2.29. The number of ether oxygens (including phenoxy) is 2. The number of imidazole rings is 1. The van der Waals surface area contributed by atoms with Gasteiger partial charge in [-0.25, -0.2) is 14.2 Å². The highest BCUT2D eigenvalue weighted by Gasteiger charge is 2.36. The van der Waals surface area contributed by atoms with E-state index in [9.17, 15) is 9.18 Å². The maximum atomic E-state index is 13.7. The van der Waals surface area contributed by atoms with Gasteiger partial charge in [0.1, 0.15) is 11.6 Å². The highest BCUT2D eigenvalue weighted by Crippen LogP contribution is 2.42. The summed E-state index contributed by atoms with van der Waals surface area (Å²) in [6, 6.07) is 20.8. The SMILES string of the molecule is CCOC(=O)C1=C(c2ccc(F)cc2)Nc2nc3ccccc3n2[C@@H]1c1cccc(OC)c1. The molecule has 0 fully saturated rings. The quantitative estimate of drug-likeness (QED) is 0.431. The predicted octanol–water partition coefficient (Wildman–Crippen LogP) is 5.17. The molecular formula is C26H22FN3O3. The molecule has 0 bridgehead atoms. The summed E-state index contributed by atoms with van der Waals surface area (Å²) < 4.78 is 26.6. The summed E-state index contributed by atoms with van der Waals surface area (Å²) in [5, 5.41) is 3.32. The molecule has 7 heteroatoms. The molecule has 6 nitrogen and oxygen atoms in total. The third-order valence-electron chi connectivity index (χ3n) is 5.67. The van der Waals surface area contributed by atoms with Crippen molar-refractivity contribution in [2.45, 2.75) is 13.0 Å². The van der Waals surface area contributed by atoms with Gasteiger partial charge >= 0.3 is 5.97 Å². The lowest BCUT2D eigenvalue weighted by molar-refractivity contribution is -0.138. The summed E-state index contributed by atoms with van der Waals surface area (Å²) in [4.78, 5) is 18.2. The number of nitrogens with one attached hydrogen (secondary N) is 1. The Hall–Kier alpha value is -4.13. The van der Waals surface area contributed by atoms with E-state index in [2.05, 4.69) is 5.32 Å². The number of halogens is 1. The van der Waals surface area contributed by atoms with Gasteiger partial charge in [0.05, 0.1) is 42.1 Å². The summed E-state index contributed by atoms with van der Waals surface area (Å²) in [5.41, 5.74) is 4.09. The van der Waals surface area contributed by atoms with Crippen molar-refractivity contribution in [1.29, 1.82) is 0 Å². The molecule has 1 aliphatic heterocycles. The second-order valence-corrected chi connectivity index (χ2v) is 7.61. The minimum Gasteiger partial charge on any atom is -0.497 e. The highest BCUT2D eigenvalue weighted by atomic mass is 19.1. The maximum absolute atomic E-state index is 13.7. The van der Waals surface area contributed by atoms with Crippen molar-refractivity contribution in [3.8, 4) is 5.75 Å². The Labute approximate surface area is 190 Å². The molecule has 0 saturated heterocycles. The Balaban J connectivity index is 1.83. The van der Waals surface area contributed by atoms with Gasteiger partial charge in [-0.05, 0) is 66.6 Å². The zero-order valence-electron chi connectivity index (χ0n) is 18.2. The smallest absolute Gasteiger partial charge is 0.338 e. The van der Waals surface area contributed by atoms with Gasteiger partial charge in [0.2, 0.25) is 5.95 Å². The molecule has 0 aliphatic carbocycles. The van der Waals surface area contributed by atoms with E-state index in [-0.39, 0.29) is 12.4 Å². The first kappa shape index (κ1) is 20.8. The monoisotopic (exact) mass is 443 g/mol. The number of esters is 1. The molecule has 1 atom stereocenters. The number of aromatic nitrogens is 2. The number of hydrogen-bond acceptors (Lipinski definition) is 5. The van der Waals surface area contributed by atoms with Crippen molar-refractivity contribution in [3.63, 3.8) is 0 Å². The molecule has 3 aromatic carbocycles. The minimum absolute atomic E-state index is 0.224. The van der Waals surface area contributed by atoms with E-state index in [1.54, 1.807) is 26.2 Å². The number of para-hydroxylation sites is 2. The molecule has 0 saturated carbocycles. The Bertz CT molecular complexity index is 1380. The van der Waals surface area contributed by atoms with Crippen molar-refractivity contribution in [1.82, 2.24) is 9.55 Å². The topological polar surface area (TPSA) is 65.4 Å². The van der Waals surface area contributed by atoms with Crippen LogP contribution in [0, 0.1) is 5.82 Å². The summed E-state index contributed by atoms with van der Waals surface area (Å²) in [5.74, 6) is 0.435. The second kappa shape index (κ2) is 8.43. The number of methoxy groups -OCH3 is 1. The summed E-state index contributed by atoms with van der Waals surface area (Å²) in [6.07, 6.45) is 0. The number of nitrogens with zero attached hydrogens (tertiary/aromatic N) is 2. The first-order valence-corrected chi connectivity index (χ1v) is 10.7. The summed E-state index contributed by atoms with van der Waals surface area (Å²) >= 11 is 0. The van der Waals surface area contributed by atoms with Gasteiger partial charge in [-0.15, -0.1) is 0 Å². The van der Waals surface area contributed by atoms with Crippen LogP contribution in [0.15, 0.2) is 78.4 Å². The van der Waals surface area contributed by atoms with Crippen molar-refractivity contribution in [3.05, 3.63) is 95.3 Å². The van der Waals surface area contributed by atoms with Gasteiger partial charge in [0.15, 0.2) is 0 Å². The summed E-state index contributed by atoms with van der Waals surface area (Å²) in [7, 11) is 1.60. The minimum atomic E-state index is -0.539.